The van der Waals surface area contributed by atoms with Crippen LogP contribution in [-0.4, -0.2) is 14.7 Å². The zero-order chi connectivity index (χ0) is 13.2. The summed E-state index contributed by atoms with van der Waals surface area (Å²) in [7, 11) is -3.71. The maximum absolute atomic E-state index is 11.9. The molecule has 2 heterocycles. The first-order valence-electron chi connectivity index (χ1n) is 5.09. The van der Waals surface area contributed by atoms with E-state index >= 15 is 0 Å². The minimum atomic E-state index is -3.71. The Morgan fingerprint density at radius 2 is 2.17 bits per heavy atom. The Kier molecular flexibility index (Phi) is 3.65. The fourth-order valence-electron chi connectivity index (χ4n) is 1.35. The zero-order valence-corrected chi connectivity index (χ0v) is 11.2. The van der Waals surface area contributed by atoms with Crippen LogP contribution in [0.25, 0.3) is 0 Å². The number of nitrogens with one attached hydrogen (secondary N) is 1. The predicted octanol–water partition coefficient (Wildman–Crippen LogP) is 1.94. The van der Waals surface area contributed by atoms with Gasteiger partial charge in [0.1, 0.15) is 0 Å². The van der Waals surface area contributed by atoms with Gasteiger partial charge in [0, 0.05) is 6.54 Å². The summed E-state index contributed by atoms with van der Waals surface area (Å²) in [6, 6.07) is 2.57. The minimum Gasteiger partial charge on any atom is -0.440 e. The molecule has 0 atom stereocenters. The molecule has 0 fully saturated rings. The minimum absolute atomic E-state index is 0.0120. The van der Waals surface area contributed by atoms with E-state index in [1.807, 2.05) is 17.7 Å². The highest BCUT2D eigenvalue weighted by atomic mass is 32.2. The summed E-state index contributed by atoms with van der Waals surface area (Å²) in [5.41, 5.74) is 1.96. The number of aryl methyl sites for hydroxylation is 1. The van der Waals surface area contributed by atoms with Crippen LogP contribution in [0, 0.1) is 6.92 Å². The molecule has 0 aromatic carbocycles. The van der Waals surface area contributed by atoms with Crippen molar-refractivity contribution in [2.45, 2.75) is 18.6 Å². The number of furan rings is 1. The highest BCUT2D eigenvalue weighted by molar-refractivity contribution is 7.89. The van der Waals surface area contributed by atoms with E-state index in [9.17, 15) is 13.2 Å². The standard InChI is InChI=1S/C11H11NO4S2/c1-8-6-17-7-9(8)4-12-18(14,15)11-3-2-10(5-13)16-11/h2-3,5-7,12H,4H2,1H3. The van der Waals surface area contributed by atoms with Crippen LogP contribution in [0.1, 0.15) is 21.7 Å². The van der Waals surface area contributed by atoms with E-state index in [1.165, 1.54) is 23.5 Å². The molecule has 2 aromatic heterocycles. The Balaban J connectivity index is 2.12. The lowest BCUT2D eigenvalue weighted by atomic mass is 10.2. The molecule has 0 amide bonds. The van der Waals surface area contributed by atoms with Gasteiger partial charge in [0.15, 0.2) is 12.0 Å². The van der Waals surface area contributed by atoms with Crippen molar-refractivity contribution < 1.29 is 17.6 Å². The summed E-state index contributed by atoms with van der Waals surface area (Å²) in [5, 5.41) is 3.58. The summed E-state index contributed by atoms with van der Waals surface area (Å²) in [4.78, 5) is 10.4. The quantitative estimate of drug-likeness (QED) is 0.852. The molecule has 7 heteroatoms. The Bertz CT molecular complexity index is 654. The van der Waals surface area contributed by atoms with Gasteiger partial charge in [-0.15, -0.1) is 0 Å². The van der Waals surface area contributed by atoms with Gasteiger partial charge in [-0.05, 0) is 40.9 Å². The second kappa shape index (κ2) is 5.05. The molecule has 0 aliphatic carbocycles. The van der Waals surface area contributed by atoms with Gasteiger partial charge in [-0.25, -0.2) is 13.1 Å². The molecule has 2 rings (SSSR count). The van der Waals surface area contributed by atoms with Crippen molar-refractivity contribution in [1.82, 2.24) is 4.72 Å². The highest BCUT2D eigenvalue weighted by Crippen LogP contribution is 2.16. The maximum atomic E-state index is 11.9. The first-order valence-corrected chi connectivity index (χ1v) is 7.52. The molecule has 0 unspecified atom stereocenters. The van der Waals surface area contributed by atoms with E-state index in [4.69, 9.17) is 4.42 Å². The summed E-state index contributed by atoms with van der Waals surface area (Å²) in [6.45, 7) is 2.12. The lowest BCUT2D eigenvalue weighted by Crippen LogP contribution is -2.22. The second-order valence-electron chi connectivity index (χ2n) is 3.68. The molecule has 0 saturated heterocycles. The third kappa shape index (κ3) is 2.69. The van der Waals surface area contributed by atoms with Crippen LogP contribution < -0.4 is 4.72 Å². The molecule has 0 aliphatic heterocycles. The first-order chi connectivity index (χ1) is 8.53. The van der Waals surface area contributed by atoms with Crippen molar-refractivity contribution in [3.8, 4) is 0 Å². The largest absolute Gasteiger partial charge is 0.440 e. The molecule has 0 spiro atoms. The summed E-state index contributed by atoms with van der Waals surface area (Å²) < 4.78 is 31.0. The van der Waals surface area contributed by atoms with Gasteiger partial charge < -0.3 is 4.42 Å². The number of hydrogen-bond donors (Lipinski definition) is 1. The topological polar surface area (TPSA) is 76.4 Å². The van der Waals surface area contributed by atoms with E-state index in [2.05, 4.69) is 4.72 Å². The lowest BCUT2D eigenvalue weighted by molar-refractivity contribution is 0.109. The Labute approximate surface area is 108 Å². The van der Waals surface area contributed by atoms with Crippen molar-refractivity contribution >= 4 is 27.6 Å². The first kappa shape index (κ1) is 13.0. The van der Waals surface area contributed by atoms with Gasteiger partial charge in [-0.3, -0.25) is 4.79 Å². The Morgan fingerprint density at radius 1 is 1.39 bits per heavy atom. The van der Waals surface area contributed by atoms with E-state index in [-0.39, 0.29) is 17.4 Å². The molecule has 18 heavy (non-hydrogen) atoms. The molecule has 0 saturated carbocycles. The number of hydrogen-bond acceptors (Lipinski definition) is 5. The van der Waals surface area contributed by atoms with Gasteiger partial charge in [0.2, 0.25) is 5.09 Å². The van der Waals surface area contributed by atoms with E-state index in [0.29, 0.717) is 6.29 Å². The summed E-state index contributed by atoms with van der Waals surface area (Å²) >= 11 is 1.52. The third-order valence-electron chi connectivity index (χ3n) is 2.40. The number of thiophene rings is 1. The molecular formula is C11H11NO4S2. The van der Waals surface area contributed by atoms with Gasteiger partial charge >= 0.3 is 0 Å². The van der Waals surface area contributed by atoms with Crippen LogP contribution in [-0.2, 0) is 16.6 Å². The molecule has 2 aromatic rings. The summed E-state index contributed by atoms with van der Waals surface area (Å²) in [5.74, 6) is -0.0120. The average Bonchev–Trinajstić information content (AvgIpc) is 2.95. The van der Waals surface area contributed by atoms with Crippen LogP contribution in [0.15, 0.2) is 32.4 Å². The maximum Gasteiger partial charge on any atom is 0.274 e. The molecule has 0 bridgehead atoms. The van der Waals surface area contributed by atoms with Gasteiger partial charge in [0.05, 0.1) is 0 Å². The number of sulfonamides is 1. The van der Waals surface area contributed by atoms with Crippen molar-refractivity contribution in [2.75, 3.05) is 0 Å². The molecule has 0 aliphatic rings. The van der Waals surface area contributed by atoms with Gasteiger partial charge in [-0.2, -0.15) is 11.3 Å². The average molecular weight is 285 g/mol. The molecule has 0 radical (unpaired) electrons. The normalized spacial score (nSPS) is 11.6. The van der Waals surface area contributed by atoms with Crippen molar-refractivity contribution in [3.05, 3.63) is 39.8 Å². The van der Waals surface area contributed by atoms with Crippen LogP contribution in [0.2, 0.25) is 0 Å². The summed E-state index contributed by atoms with van der Waals surface area (Å²) in [6.07, 6.45) is 0.460. The number of carbonyl (C=O) groups is 1. The Morgan fingerprint density at radius 3 is 2.72 bits per heavy atom. The molecular weight excluding hydrogens is 274 g/mol. The molecule has 1 N–H and O–H groups in total. The number of rotatable bonds is 5. The van der Waals surface area contributed by atoms with E-state index in [0.717, 1.165) is 11.1 Å². The monoisotopic (exact) mass is 285 g/mol. The molecule has 5 nitrogen and oxygen atoms in total. The van der Waals surface area contributed by atoms with Crippen molar-refractivity contribution in [2.24, 2.45) is 0 Å². The fourth-order valence-corrected chi connectivity index (χ4v) is 3.15. The van der Waals surface area contributed by atoms with E-state index < -0.39 is 10.0 Å². The van der Waals surface area contributed by atoms with Crippen molar-refractivity contribution in [1.29, 1.82) is 0 Å². The molecule has 96 valence electrons. The highest BCUT2D eigenvalue weighted by Gasteiger charge is 2.18. The zero-order valence-electron chi connectivity index (χ0n) is 9.54. The van der Waals surface area contributed by atoms with Crippen LogP contribution in [0.4, 0.5) is 0 Å². The van der Waals surface area contributed by atoms with Crippen molar-refractivity contribution in [3.63, 3.8) is 0 Å². The van der Waals surface area contributed by atoms with Gasteiger partial charge in [-0.1, -0.05) is 0 Å². The van der Waals surface area contributed by atoms with Crippen LogP contribution in [0.5, 0.6) is 0 Å². The lowest BCUT2D eigenvalue weighted by Gasteiger charge is -2.03. The fraction of sp³-hybridized carbons (Fsp3) is 0.182. The number of aldehydes is 1. The predicted molar refractivity (Wildman–Crippen MR) is 67.2 cm³/mol. The number of carbonyl (C=O) groups excluding carboxylic acids is 1. The van der Waals surface area contributed by atoms with Gasteiger partial charge in [0.25, 0.3) is 10.0 Å². The third-order valence-corrected chi connectivity index (χ3v) is 4.58. The SMILES string of the molecule is Cc1cscc1CNS(=O)(=O)c1ccc(C=O)o1. The van der Waals surface area contributed by atoms with Crippen LogP contribution in [0.3, 0.4) is 0 Å². The van der Waals surface area contributed by atoms with Crippen LogP contribution >= 0.6 is 11.3 Å². The second-order valence-corrected chi connectivity index (χ2v) is 6.12. The Hall–Kier alpha value is -1.44. The smallest absolute Gasteiger partial charge is 0.274 e. The van der Waals surface area contributed by atoms with E-state index in [1.54, 1.807) is 0 Å².